The number of unbranched alkanes of at least 4 members (excludes halogenated alkanes) is 1. The minimum absolute atomic E-state index is 0.0103. The number of pyridine rings is 1. The van der Waals surface area contributed by atoms with Gasteiger partial charge in [0.15, 0.2) is 5.82 Å². The van der Waals surface area contributed by atoms with Gasteiger partial charge < -0.3 is 14.4 Å². The SMILES string of the molecule is CC(C)(C)c1cc(NC(=O)NCCCCn2ccccc2=O)no1. The smallest absolute Gasteiger partial charge is 0.320 e. The number of nitrogens with zero attached hydrogens (tertiary/aromatic N) is 2. The number of hydrogen-bond acceptors (Lipinski definition) is 4. The van der Waals surface area contributed by atoms with Crippen molar-refractivity contribution in [3.05, 3.63) is 46.6 Å². The molecule has 2 N–H and O–H groups in total. The fraction of sp³-hybridized carbons (Fsp3) is 0.471. The predicted octanol–water partition coefficient (Wildman–Crippen LogP) is 2.74. The van der Waals surface area contributed by atoms with Gasteiger partial charge in [-0.05, 0) is 18.9 Å². The van der Waals surface area contributed by atoms with Gasteiger partial charge in [0.2, 0.25) is 5.56 Å². The lowest BCUT2D eigenvalue weighted by Crippen LogP contribution is -2.30. The highest BCUT2D eigenvalue weighted by molar-refractivity contribution is 5.88. The molecule has 7 heteroatoms. The molecule has 0 saturated heterocycles. The van der Waals surface area contributed by atoms with E-state index in [1.165, 1.54) is 6.07 Å². The van der Waals surface area contributed by atoms with Crippen molar-refractivity contribution in [1.29, 1.82) is 0 Å². The predicted molar refractivity (Wildman–Crippen MR) is 92.2 cm³/mol. The van der Waals surface area contributed by atoms with Gasteiger partial charge in [0, 0.05) is 36.8 Å². The van der Waals surface area contributed by atoms with Gasteiger partial charge in [-0.2, -0.15) is 0 Å². The van der Waals surface area contributed by atoms with Crippen molar-refractivity contribution in [2.45, 2.75) is 45.6 Å². The van der Waals surface area contributed by atoms with E-state index in [2.05, 4.69) is 15.8 Å². The molecule has 0 fully saturated rings. The maximum atomic E-state index is 11.8. The Bertz CT molecular complexity index is 728. The fourth-order valence-corrected chi connectivity index (χ4v) is 2.10. The first kappa shape index (κ1) is 17.8. The van der Waals surface area contributed by atoms with Crippen LogP contribution in [0.4, 0.5) is 10.6 Å². The zero-order valence-corrected chi connectivity index (χ0v) is 14.3. The first-order valence-electron chi connectivity index (χ1n) is 8.04. The third-order valence-electron chi connectivity index (χ3n) is 3.50. The van der Waals surface area contributed by atoms with Crippen molar-refractivity contribution in [2.75, 3.05) is 11.9 Å². The van der Waals surface area contributed by atoms with Crippen molar-refractivity contribution in [3.8, 4) is 0 Å². The highest BCUT2D eigenvalue weighted by Gasteiger charge is 2.20. The average molecular weight is 332 g/mol. The molecule has 130 valence electrons. The third-order valence-corrected chi connectivity index (χ3v) is 3.50. The Hall–Kier alpha value is -2.57. The Balaban J connectivity index is 1.67. The second-order valence-corrected chi connectivity index (χ2v) is 6.65. The van der Waals surface area contributed by atoms with Crippen LogP contribution in [0.1, 0.15) is 39.4 Å². The lowest BCUT2D eigenvalue weighted by molar-refractivity contribution is 0.251. The molecule has 0 unspecified atom stereocenters. The van der Waals surface area contributed by atoms with Crippen molar-refractivity contribution in [1.82, 2.24) is 15.0 Å². The van der Waals surface area contributed by atoms with E-state index in [0.29, 0.717) is 24.7 Å². The summed E-state index contributed by atoms with van der Waals surface area (Å²) >= 11 is 0. The quantitative estimate of drug-likeness (QED) is 0.796. The summed E-state index contributed by atoms with van der Waals surface area (Å²) < 4.78 is 6.86. The van der Waals surface area contributed by atoms with Crippen LogP contribution in [0.3, 0.4) is 0 Å². The standard InChI is InChI=1S/C17H24N4O3/c1-17(2,3)13-12-14(20-24-13)19-16(23)18-9-5-7-11-21-10-6-4-8-15(21)22/h4,6,8,10,12H,5,7,9,11H2,1-3H3,(H2,18,19,20,23). The first-order chi connectivity index (χ1) is 11.4. The lowest BCUT2D eigenvalue weighted by Gasteiger charge is -2.12. The summed E-state index contributed by atoms with van der Waals surface area (Å²) in [5.41, 5.74) is -0.164. The molecule has 2 amide bonds. The largest absolute Gasteiger partial charge is 0.359 e. The van der Waals surface area contributed by atoms with Gasteiger partial charge in [-0.15, -0.1) is 0 Å². The van der Waals surface area contributed by atoms with Gasteiger partial charge >= 0.3 is 6.03 Å². The molecule has 0 aliphatic rings. The number of hydrogen-bond donors (Lipinski definition) is 2. The molecule has 0 aromatic carbocycles. The molecule has 0 bridgehead atoms. The molecule has 0 radical (unpaired) electrons. The van der Waals surface area contributed by atoms with Gasteiger partial charge in [0.1, 0.15) is 5.76 Å². The highest BCUT2D eigenvalue weighted by atomic mass is 16.5. The van der Waals surface area contributed by atoms with E-state index in [9.17, 15) is 9.59 Å². The van der Waals surface area contributed by atoms with E-state index >= 15 is 0 Å². The molecule has 2 rings (SSSR count). The topological polar surface area (TPSA) is 89.2 Å². The van der Waals surface area contributed by atoms with Crippen LogP contribution in [0.2, 0.25) is 0 Å². The van der Waals surface area contributed by atoms with Gasteiger partial charge in [0.05, 0.1) is 0 Å². The highest BCUT2D eigenvalue weighted by Crippen LogP contribution is 2.24. The van der Waals surface area contributed by atoms with E-state index in [1.54, 1.807) is 22.9 Å². The van der Waals surface area contributed by atoms with Crippen LogP contribution in [-0.4, -0.2) is 22.3 Å². The van der Waals surface area contributed by atoms with E-state index in [-0.39, 0.29) is 17.0 Å². The fourth-order valence-electron chi connectivity index (χ4n) is 2.10. The Kier molecular flexibility index (Phi) is 5.78. The van der Waals surface area contributed by atoms with Crippen LogP contribution < -0.4 is 16.2 Å². The number of amides is 2. The van der Waals surface area contributed by atoms with Crippen LogP contribution in [-0.2, 0) is 12.0 Å². The number of urea groups is 1. The molecule has 7 nitrogen and oxygen atoms in total. The summed E-state index contributed by atoms with van der Waals surface area (Å²) in [6, 6.07) is 6.49. The van der Waals surface area contributed by atoms with Crippen molar-refractivity contribution in [3.63, 3.8) is 0 Å². The number of aryl methyl sites for hydroxylation is 1. The van der Waals surface area contributed by atoms with Crippen molar-refractivity contribution < 1.29 is 9.32 Å². The summed E-state index contributed by atoms with van der Waals surface area (Å²) in [5.74, 6) is 1.11. The summed E-state index contributed by atoms with van der Waals surface area (Å²) in [7, 11) is 0. The number of anilines is 1. The number of carbonyl (C=O) groups is 1. The van der Waals surface area contributed by atoms with E-state index < -0.39 is 0 Å². The number of aromatic nitrogens is 2. The molecule has 24 heavy (non-hydrogen) atoms. The van der Waals surface area contributed by atoms with E-state index in [0.717, 1.165) is 12.8 Å². The number of rotatable bonds is 6. The van der Waals surface area contributed by atoms with Gasteiger partial charge in [-0.25, -0.2) is 4.79 Å². The molecule has 0 saturated carbocycles. The van der Waals surface area contributed by atoms with Crippen LogP contribution in [0.15, 0.2) is 39.8 Å². The summed E-state index contributed by atoms with van der Waals surface area (Å²) in [4.78, 5) is 23.3. The van der Waals surface area contributed by atoms with Crippen LogP contribution in [0.5, 0.6) is 0 Å². The van der Waals surface area contributed by atoms with Crippen LogP contribution >= 0.6 is 0 Å². The zero-order chi connectivity index (χ0) is 17.6. The normalized spacial score (nSPS) is 11.3. The van der Waals surface area contributed by atoms with E-state index in [1.807, 2.05) is 26.8 Å². The second kappa shape index (κ2) is 7.81. The maximum Gasteiger partial charge on any atom is 0.320 e. The summed E-state index contributed by atoms with van der Waals surface area (Å²) in [6.45, 7) is 7.19. The van der Waals surface area contributed by atoms with Crippen LogP contribution in [0, 0.1) is 0 Å². The first-order valence-corrected chi connectivity index (χ1v) is 8.04. The minimum Gasteiger partial charge on any atom is -0.359 e. The second-order valence-electron chi connectivity index (χ2n) is 6.65. The van der Waals surface area contributed by atoms with Crippen LogP contribution in [0.25, 0.3) is 0 Å². The molecule has 2 aromatic rings. The molecule has 0 atom stereocenters. The van der Waals surface area contributed by atoms with E-state index in [4.69, 9.17) is 4.52 Å². The molecule has 0 spiro atoms. The van der Waals surface area contributed by atoms with Crippen molar-refractivity contribution >= 4 is 11.8 Å². The number of nitrogens with one attached hydrogen (secondary N) is 2. The monoisotopic (exact) mass is 332 g/mol. The Morgan fingerprint density at radius 2 is 2.08 bits per heavy atom. The van der Waals surface area contributed by atoms with Gasteiger partial charge in [0.25, 0.3) is 0 Å². The maximum absolute atomic E-state index is 11.8. The number of carbonyl (C=O) groups excluding carboxylic acids is 1. The van der Waals surface area contributed by atoms with Crippen molar-refractivity contribution in [2.24, 2.45) is 0 Å². The summed E-state index contributed by atoms with van der Waals surface area (Å²) in [6.07, 6.45) is 3.35. The molecular formula is C17H24N4O3. The Morgan fingerprint density at radius 1 is 1.29 bits per heavy atom. The average Bonchev–Trinajstić information content (AvgIpc) is 2.97. The molecule has 2 heterocycles. The lowest BCUT2D eigenvalue weighted by atomic mass is 9.93. The van der Waals surface area contributed by atoms with Gasteiger partial charge in [-0.1, -0.05) is 32.0 Å². The minimum atomic E-state index is -0.319. The molecule has 0 aliphatic heterocycles. The third kappa shape index (κ3) is 5.26. The molecular weight excluding hydrogens is 308 g/mol. The summed E-state index contributed by atoms with van der Waals surface area (Å²) in [5, 5.41) is 9.23. The van der Waals surface area contributed by atoms with Gasteiger partial charge in [-0.3, -0.25) is 10.1 Å². The zero-order valence-electron chi connectivity index (χ0n) is 14.3. The Morgan fingerprint density at radius 3 is 2.75 bits per heavy atom. The Labute approximate surface area is 141 Å². The molecule has 2 aromatic heterocycles. The molecule has 0 aliphatic carbocycles.